The van der Waals surface area contributed by atoms with E-state index < -0.39 is 8.07 Å². The zero-order valence-corrected chi connectivity index (χ0v) is 20.6. The lowest BCUT2D eigenvalue weighted by Crippen LogP contribution is -2.29. The summed E-state index contributed by atoms with van der Waals surface area (Å²) in [6.45, 7) is 14.0. The largest absolute Gasteiger partial charge is 0.286 e. The molecule has 2 nitrogen and oxygen atoms in total. The third-order valence-electron chi connectivity index (χ3n) is 6.75. The van der Waals surface area contributed by atoms with Gasteiger partial charge in [-0.3, -0.25) is 4.42 Å². The maximum Gasteiger partial charge on any atom is 0.278 e. The van der Waals surface area contributed by atoms with Gasteiger partial charge in [0.25, 0.3) is 11.2 Å². The van der Waals surface area contributed by atoms with E-state index in [1.54, 1.807) is 0 Å². The summed E-state index contributed by atoms with van der Waals surface area (Å²) in [7, 11) is -1.69. The van der Waals surface area contributed by atoms with E-state index >= 15 is 0 Å². The Labute approximate surface area is 195 Å². The first-order valence-corrected chi connectivity index (χ1v) is 15.0. The van der Waals surface area contributed by atoms with Gasteiger partial charge in [0.2, 0.25) is 0 Å². The van der Waals surface area contributed by atoms with Crippen LogP contribution in [0.4, 0.5) is 5.69 Å². The van der Waals surface area contributed by atoms with Crippen molar-refractivity contribution in [2.24, 2.45) is 0 Å². The molecule has 162 valence electrons. The lowest BCUT2D eigenvalue weighted by atomic mass is 9.93. The minimum absolute atomic E-state index is 0.923. The Balaban J connectivity index is 1.67. The van der Waals surface area contributed by atoms with E-state index in [1.165, 1.54) is 27.1 Å². The molecule has 0 fully saturated rings. The van der Waals surface area contributed by atoms with E-state index in [1.807, 2.05) is 12.1 Å². The maximum absolute atomic E-state index is 6.43. The molecule has 1 aromatic heterocycles. The average molecular weight is 446 g/mol. The van der Waals surface area contributed by atoms with Gasteiger partial charge in [-0.2, -0.15) is 0 Å². The van der Waals surface area contributed by atoms with Crippen LogP contribution in [-0.4, -0.2) is 19.4 Å². The van der Waals surface area contributed by atoms with Gasteiger partial charge in [0, 0.05) is 8.07 Å². The third kappa shape index (κ3) is 3.00. The van der Waals surface area contributed by atoms with E-state index in [-0.39, 0.29) is 0 Å². The number of hydrogen-bond donors (Lipinski definition) is 0. The van der Waals surface area contributed by atoms with Gasteiger partial charge < -0.3 is 0 Å². The van der Waals surface area contributed by atoms with Crippen molar-refractivity contribution in [3.8, 4) is 0 Å². The first-order chi connectivity index (χ1) is 15.8. The van der Waals surface area contributed by atoms with Crippen molar-refractivity contribution in [2.45, 2.75) is 26.6 Å². The predicted molar refractivity (Wildman–Crippen MR) is 143 cm³/mol. The molecule has 0 atom stereocenters. The van der Waals surface area contributed by atoms with Gasteiger partial charge in [0.15, 0.2) is 11.7 Å². The molecule has 0 unspecified atom stereocenters. The number of aryl methyl sites for hydroxylation is 1. The molecule has 0 radical (unpaired) electrons. The maximum atomic E-state index is 6.43. The molecule has 6 rings (SSSR count). The molecule has 3 heteroatoms. The normalized spacial score (nSPS) is 14.2. The van der Waals surface area contributed by atoms with Crippen molar-refractivity contribution in [3.05, 3.63) is 102 Å². The summed E-state index contributed by atoms with van der Waals surface area (Å²) in [6, 6.07) is 27.0. The van der Waals surface area contributed by atoms with Crippen molar-refractivity contribution in [3.63, 3.8) is 0 Å². The van der Waals surface area contributed by atoms with E-state index in [0.29, 0.717) is 0 Å². The fourth-order valence-electron chi connectivity index (χ4n) is 5.16. The highest BCUT2D eigenvalue weighted by Gasteiger charge is 2.35. The summed E-state index contributed by atoms with van der Waals surface area (Å²) in [5.41, 5.74) is 6.67. The molecule has 1 aliphatic heterocycles. The zero-order chi connectivity index (χ0) is 22.9. The Morgan fingerprint density at radius 3 is 2.52 bits per heavy atom. The molecule has 0 amide bonds. The Bertz CT molecular complexity index is 1630. The second kappa shape index (κ2) is 6.97. The number of nitrogens with zero attached hydrogens (tertiary/aromatic N) is 1. The Morgan fingerprint density at radius 2 is 1.70 bits per heavy atom. The first kappa shape index (κ1) is 20.1. The van der Waals surface area contributed by atoms with Crippen LogP contribution in [0.2, 0.25) is 19.6 Å². The standard InChI is InChI=1S/C30H27NOSi/c1-19-16-23-22-12-8-9-13-27(22)32-30(23)24(17-19)26-18-28(33(3,4)5)29-21-11-7-6-10-20(21)14-15-25(29)31(26)2/h6-18H,2H2,1,3-5H3. The topological polar surface area (TPSA) is 14.3 Å². The number of para-hydroxylation sites is 1. The summed E-state index contributed by atoms with van der Waals surface area (Å²) in [5, 5.41) is 6.34. The third-order valence-corrected chi connectivity index (χ3v) is 8.76. The molecule has 1 aliphatic rings. The van der Waals surface area contributed by atoms with Gasteiger partial charge in [0.05, 0.1) is 12.3 Å². The quantitative estimate of drug-likeness (QED) is 0.115. The Kier molecular flexibility index (Phi) is 4.24. The average Bonchev–Trinajstić information content (AvgIpc) is 3.16. The molecule has 0 aliphatic carbocycles. The van der Waals surface area contributed by atoms with Gasteiger partial charge in [-0.05, 0) is 52.2 Å². The summed E-state index contributed by atoms with van der Waals surface area (Å²) < 4.78 is 8.53. The number of fused-ring (bicyclic) bond motifs is 6. The lowest BCUT2D eigenvalue weighted by molar-refractivity contribution is -0.400. The molecule has 0 saturated heterocycles. The van der Waals surface area contributed by atoms with Crippen LogP contribution in [-0.2, 0) is 0 Å². The zero-order valence-electron chi connectivity index (χ0n) is 19.6. The summed E-state index contributed by atoms with van der Waals surface area (Å²) in [5.74, 6) is 0. The summed E-state index contributed by atoms with van der Waals surface area (Å²) >= 11 is 0. The van der Waals surface area contributed by atoms with Crippen molar-refractivity contribution in [2.75, 3.05) is 0 Å². The molecule has 0 spiro atoms. The monoisotopic (exact) mass is 445 g/mol. The van der Waals surface area contributed by atoms with Gasteiger partial charge in [-0.15, -0.1) is 18.2 Å². The SMILES string of the molecule is C=[N+]1c2ccc3ccccc3c2C([Si](C)(C)C)=C[C-]1c1cc(C)cc2c1[o+][c-]1ccccc21. The van der Waals surface area contributed by atoms with Gasteiger partial charge in [-0.25, -0.2) is 4.58 Å². The Hall–Kier alpha value is -3.56. The molecule has 0 N–H and O–H groups in total. The molecule has 5 aromatic rings. The molecular weight excluding hydrogens is 418 g/mol. The van der Waals surface area contributed by atoms with Crippen molar-refractivity contribution < 1.29 is 8.99 Å². The Morgan fingerprint density at radius 1 is 0.909 bits per heavy atom. The van der Waals surface area contributed by atoms with Crippen molar-refractivity contribution in [1.29, 1.82) is 0 Å². The van der Waals surface area contributed by atoms with Crippen LogP contribution in [0, 0.1) is 13.0 Å². The van der Waals surface area contributed by atoms with Crippen LogP contribution in [0.25, 0.3) is 37.9 Å². The molecule has 0 saturated carbocycles. The highest BCUT2D eigenvalue weighted by atomic mass is 28.3. The molecule has 2 heterocycles. The van der Waals surface area contributed by atoms with E-state index in [2.05, 4.69) is 105 Å². The molecule has 33 heavy (non-hydrogen) atoms. The summed E-state index contributed by atoms with van der Waals surface area (Å²) in [6.07, 6.45) is 2.38. The number of furan rings is 1. The van der Waals surface area contributed by atoms with Crippen LogP contribution in [0.1, 0.15) is 16.7 Å². The smallest absolute Gasteiger partial charge is 0.278 e. The van der Waals surface area contributed by atoms with Crippen LogP contribution in [0.15, 0.2) is 83.3 Å². The van der Waals surface area contributed by atoms with Crippen molar-refractivity contribution >= 4 is 58.4 Å². The number of hydrogen-bond acceptors (Lipinski definition) is 0. The minimum atomic E-state index is -1.69. The van der Waals surface area contributed by atoms with Gasteiger partial charge in [0.1, 0.15) is 0 Å². The fourth-order valence-corrected chi connectivity index (χ4v) is 6.74. The van der Waals surface area contributed by atoms with Gasteiger partial charge in [-0.1, -0.05) is 72.9 Å². The predicted octanol–water partition coefficient (Wildman–Crippen LogP) is 8.25. The molecule has 0 bridgehead atoms. The second-order valence-electron chi connectivity index (χ2n) is 10.1. The second-order valence-corrected chi connectivity index (χ2v) is 15.1. The molecular formula is C30H27NOSi. The summed E-state index contributed by atoms with van der Waals surface area (Å²) in [4.78, 5) is 0. The number of benzene rings is 4. The van der Waals surface area contributed by atoms with Crippen LogP contribution >= 0.6 is 0 Å². The van der Waals surface area contributed by atoms with Crippen LogP contribution in [0.3, 0.4) is 0 Å². The number of rotatable bonds is 2. The highest BCUT2D eigenvalue weighted by molar-refractivity contribution is 6.94. The lowest BCUT2D eigenvalue weighted by Gasteiger charge is -2.33. The highest BCUT2D eigenvalue weighted by Crippen LogP contribution is 2.46. The van der Waals surface area contributed by atoms with E-state index in [0.717, 1.165) is 39.2 Å². The van der Waals surface area contributed by atoms with Crippen LogP contribution < -0.4 is 0 Å². The molecule has 4 aromatic carbocycles. The first-order valence-electron chi connectivity index (χ1n) is 11.5. The van der Waals surface area contributed by atoms with E-state index in [9.17, 15) is 0 Å². The fraction of sp³-hybridized carbons (Fsp3) is 0.133. The minimum Gasteiger partial charge on any atom is -0.286 e. The van der Waals surface area contributed by atoms with Crippen LogP contribution in [0.5, 0.6) is 0 Å². The van der Waals surface area contributed by atoms with Gasteiger partial charge >= 0.3 is 0 Å². The van der Waals surface area contributed by atoms with E-state index in [4.69, 9.17) is 4.42 Å². The van der Waals surface area contributed by atoms with Crippen molar-refractivity contribution in [1.82, 2.24) is 0 Å².